The number of anilines is 1. The molecular weight excluding hydrogens is 408 g/mol. The Kier molecular flexibility index (Phi) is 4.98. The zero-order valence-corrected chi connectivity index (χ0v) is 17.8. The monoisotopic (exact) mass is 435 g/mol. The van der Waals surface area contributed by atoms with E-state index in [4.69, 9.17) is 4.74 Å². The fourth-order valence-electron chi connectivity index (χ4n) is 4.74. The van der Waals surface area contributed by atoms with Gasteiger partial charge in [0.2, 0.25) is 11.8 Å². The summed E-state index contributed by atoms with van der Waals surface area (Å²) in [6, 6.07) is 4.96. The Morgan fingerprint density at radius 2 is 1.90 bits per heavy atom. The molecule has 0 aromatic heterocycles. The summed E-state index contributed by atoms with van der Waals surface area (Å²) >= 11 is 0. The maximum atomic E-state index is 15.2. The number of carbonyl (C=O) groups excluding carboxylic acids is 3. The number of alkyl halides is 2. The maximum absolute atomic E-state index is 15.2. The highest BCUT2D eigenvalue weighted by Crippen LogP contribution is 2.62. The highest BCUT2D eigenvalue weighted by Gasteiger charge is 2.73. The third-order valence-corrected chi connectivity index (χ3v) is 6.40. The molecule has 0 spiro atoms. The van der Waals surface area contributed by atoms with Gasteiger partial charge in [-0.05, 0) is 57.7 Å². The summed E-state index contributed by atoms with van der Waals surface area (Å²) in [5.74, 6) is -3.74. The average molecular weight is 435 g/mol. The van der Waals surface area contributed by atoms with Crippen molar-refractivity contribution in [3.8, 4) is 0 Å². The summed E-state index contributed by atoms with van der Waals surface area (Å²) in [6.45, 7) is 5.35. The van der Waals surface area contributed by atoms with Crippen LogP contribution in [0, 0.1) is 0 Å². The van der Waals surface area contributed by atoms with E-state index in [0.29, 0.717) is 17.7 Å². The zero-order valence-electron chi connectivity index (χ0n) is 17.8. The minimum Gasteiger partial charge on any atom is -0.444 e. The highest BCUT2D eigenvalue weighted by atomic mass is 19.3. The van der Waals surface area contributed by atoms with Gasteiger partial charge in [-0.3, -0.25) is 19.8 Å². The molecular formula is C22H27F2N3O4. The highest BCUT2D eigenvalue weighted by molar-refractivity contribution is 6.01. The van der Waals surface area contributed by atoms with E-state index in [1.54, 1.807) is 45.0 Å². The van der Waals surface area contributed by atoms with Crippen LogP contribution in [0.3, 0.4) is 0 Å². The fourth-order valence-corrected chi connectivity index (χ4v) is 4.74. The summed E-state index contributed by atoms with van der Waals surface area (Å²) in [5, 5.41) is 5.33. The van der Waals surface area contributed by atoms with Gasteiger partial charge >= 0.3 is 6.09 Å². The molecule has 3 atom stereocenters. The molecule has 2 N–H and O–H groups in total. The van der Waals surface area contributed by atoms with Crippen molar-refractivity contribution in [2.24, 2.45) is 0 Å². The van der Waals surface area contributed by atoms with Crippen LogP contribution in [-0.4, -0.2) is 53.0 Å². The number of hydrogen-bond donors (Lipinski definition) is 2. The van der Waals surface area contributed by atoms with Gasteiger partial charge in [0, 0.05) is 18.7 Å². The molecule has 31 heavy (non-hydrogen) atoms. The van der Waals surface area contributed by atoms with Crippen LogP contribution < -0.4 is 10.6 Å². The van der Waals surface area contributed by atoms with Gasteiger partial charge in [0.1, 0.15) is 17.7 Å². The molecule has 4 aliphatic rings. The first-order chi connectivity index (χ1) is 14.4. The number of benzene rings is 1. The van der Waals surface area contributed by atoms with Crippen LogP contribution in [0.4, 0.5) is 19.3 Å². The first kappa shape index (κ1) is 21.5. The molecule has 2 bridgehead atoms. The van der Waals surface area contributed by atoms with Crippen molar-refractivity contribution in [3.63, 3.8) is 0 Å². The largest absolute Gasteiger partial charge is 0.444 e. The Morgan fingerprint density at radius 1 is 1.23 bits per heavy atom. The van der Waals surface area contributed by atoms with Gasteiger partial charge in [0.05, 0.1) is 5.41 Å². The van der Waals surface area contributed by atoms with Crippen LogP contribution >= 0.6 is 0 Å². The van der Waals surface area contributed by atoms with Crippen LogP contribution in [0.5, 0.6) is 0 Å². The summed E-state index contributed by atoms with van der Waals surface area (Å²) < 4.78 is 35.8. The first-order valence-corrected chi connectivity index (χ1v) is 10.5. The van der Waals surface area contributed by atoms with E-state index in [1.165, 1.54) is 0 Å². The van der Waals surface area contributed by atoms with Gasteiger partial charge in [-0.1, -0.05) is 12.1 Å². The smallest absolute Gasteiger partial charge is 0.410 e. The van der Waals surface area contributed by atoms with Crippen molar-refractivity contribution in [2.45, 2.75) is 75.5 Å². The molecule has 3 amide bonds. The Bertz CT molecular complexity index is 908. The van der Waals surface area contributed by atoms with Crippen LogP contribution in [0.2, 0.25) is 0 Å². The molecule has 5 rings (SSSR count). The quantitative estimate of drug-likeness (QED) is 0.712. The molecule has 9 heteroatoms. The van der Waals surface area contributed by atoms with E-state index in [-0.39, 0.29) is 37.6 Å². The van der Waals surface area contributed by atoms with Crippen LogP contribution in [0.15, 0.2) is 24.3 Å². The maximum Gasteiger partial charge on any atom is 0.410 e. The summed E-state index contributed by atoms with van der Waals surface area (Å²) in [5.41, 5.74) is -0.897. The summed E-state index contributed by atoms with van der Waals surface area (Å²) in [4.78, 5) is 36.7. The lowest BCUT2D eigenvalue weighted by molar-refractivity contribution is -0.241. The molecule has 4 fully saturated rings. The second-order valence-corrected chi connectivity index (χ2v) is 9.57. The normalized spacial score (nSPS) is 29.6. The molecule has 3 aliphatic heterocycles. The van der Waals surface area contributed by atoms with E-state index in [0.717, 1.165) is 4.90 Å². The Labute approximate surface area is 179 Å². The van der Waals surface area contributed by atoms with E-state index < -0.39 is 35.1 Å². The predicted octanol–water partition coefficient (Wildman–Crippen LogP) is 3.19. The number of hydrogen-bond acceptors (Lipinski definition) is 5. The molecule has 1 aliphatic carbocycles. The van der Waals surface area contributed by atoms with Crippen LogP contribution in [-0.2, 0) is 19.7 Å². The van der Waals surface area contributed by atoms with E-state index in [9.17, 15) is 14.4 Å². The molecule has 3 heterocycles. The van der Waals surface area contributed by atoms with Crippen molar-refractivity contribution < 1.29 is 27.9 Å². The van der Waals surface area contributed by atoms with Crippen molar-refractivity contribution >= 4 is 23.6 Å². The number of piperidine rings is 3. The van der Waals surface area contributed by atoms with Crippen molar-refractivity contribution in [1.29, 1.82) is 0 Å². The molecule has 7 nitrogen and oxygen atoms in total. The van der Waals surface area contributed by atoms with Crippen LogP contribution in [0.1, 0.15) is 52.0 Å². The lowest BCUT2D eigenvalue weighted by Crippen LogP contribution is -2.75. The lowest BCUT2D eigenvalue weighted by Gasteiger charge is -2.62. The molecule has 168 valence electrons. The minimum atomic E-state index is -3.05. The second-order valence-electron chi connectivity index (χ2n) is 9.57. The van der Waals surface area contributed by atoms with E-state index in [2.05, 4.69) is 10.6 Å². The molecule has 1 saturated carbocycles. The number of amides is 3. The molecule has 1 aromatic rings. The Balaban J connectivity index is 1.45. The number of rotatable bonds is 3. The second kappa shape index (κ2) is 7.17. The fraction of sp³-hybridized carbons (Fsp3) is 0.591. The third-order valence-electron chi connectivity index (χ3n) is 6.40. The number of nitrogens with zero attached hydrogens (tertiary/aromatic N) is 1. The first-order valence-electron chi connectivity index (χ1n) is 10.5. The van der Waals surface area contributed by atoms with Gasteiger partial charge in [-0.25, -0.2) is 13.6 Å². The SMILES string of the molecule is CC(C)(C)OC(=O)N1CC[C@]2(c3ccc(N[C@H]4CCC(=O)NC4=O)cc3)C[C@H]1C2(F)F. The number of imide groups is 1. The minimum absolute atomic E-state index is 0.148. The zero-order chi connectivity index (χ0) is 22.6. The molecule has 3 saturated heterocycles. The standard InChI is InChI=1S/C22H27F2N3O4/c1-20(2,3)31-19(30)27-11-10-21(12-16(27)22(21,23)24)13-4-6-14(7-5-13)25-15-8-9-17(28)26-18(15)29/h4-7,15-16,25H,8-12H2,1-3H3,(H,26,28,29)/t15-,16-,21+/m0/s1. The number of nitrogens with one attached hydrogen (secondary N) is 2. The van der Waals surface area contributed by atoms with Gasteiger partial charge in [0.25, 0.3) is 5.92 Å². The number of carbonyl (C=O) groups is 3. The lowest BCUT2D eigenvalue weighted by atomic mass is 9.53. The van der Waals surface area contributed by atoms with E-state index >= 15 is 8.78 Å². The van der Waals surface area contributed by atoms with Gasteiger partial charge in [-0.2, -0.15) is 0 Å². The Hall–Kier alpha value is -2.71. The molecule has 0 unspecified atom stereocenters. The van der Waals surface area contributed by atoms with E-state index in [1.807, 2.05) is 0 Å². The topological polar surface area (TPSA) is 87.7 Å². The number of fused-ring (bicyclic) bond motifs is 2. The Morgan fingerprint density at radius 3 is 2.45 bits per heavy atom. The van der Waals surface area contributed by atoms with Crippen molar-refractivity contribution in [3.05, 3.63) is 29.8 Å². The number of ether oxygens (including phenoxy) is 1. The third kappa shape index (κ3) is 3.64. The average Bonchev–Trinajstić information content (AvgIpc) is 2.69. The van der Waals surface area contributed by atoms with Crippen molar-refractivity contribution in [2.75, 3.05) is 11.9 Å². The van der Waals surface area contributed by atoms with Crippen LogP contribution in [0.25, 0.3) is 0 Å². The summed E-state index contributed by atoms with van der Waals surface area (Å²) in [6.07, 6.45) is 0.270. The van der Waals surface area contributed by atoms with Crippen molar-refractivity contribution in [1.82, 2.24) is 10.2 Å². The number of halogens is 2. The predicted molar refractivity (Wildman–Crippen MR) is 109 cm³/mol. The van der Waals surface area contributed by atoms with Gasteiger partial charge in [0.15, 0.2) is 0 Å². The molecule has 1 aromatic carbocycles. The molecule has 0 radical (unpaired) electrons. The van der Waals surface area contributed by atoms with Gasteiger partial charge in [-0.15, -0.1) is 0 Å². The van der Waals surface area contributed by atoms with Gasteiger partial charge < -0.3 is 10.1 Å². The summed E-state index contributed by atoms with van der Waals surface area (Å²) in [7, 11) is 0.